The van der Waals surface area contributed by atoms with Crippen LogP contribution in [0.3, 0.4) is 0 Å². The Bertz CT molecular complexity index is 344. The van der Waals surface area contributed by atoms with Gasteiger partial charge in [-0.3, -0.25) is 4.79 Å². The van der Waals surface area contributed by atoms with Crippen molar-refractivity contribution in [2.24, 2.45) is 0 Å². The maximum absolute atomic E-state index is 11.6. The summed E-state index contributed by atoms with van der Waals surface area (Å²) < 4.78 is 55.0. The molecule has 0 aliphatic carbocycles. The summed E-state index contributed by atoms with van der Waals surface area (Å²) in [4.78, 5) is 24.2. The van der Waals surface area contributed by atoms with E-state index in [-0.39, 0.29) is 0 Å². The van der Waals surface area contributed by atoms with Crippen LogP contribution in [0.1, 0.15) is 6.92 Å². The quantitative estimate of drug-likeness (QED) is 0.524. The first-order chi connectivity index (χ1) is 6.08. The van der Waals surface area contributed by atoms with Crippen molar-refractivity contribution in [3.05, 3.63) is 0 Å². The van der Waals surface area contributed by atoms with E-state index in [9.17, 15) is 31.2 Å². The SMILES string of the molecule is CC(=O)C(=O)ONS(=O)(=O)C(F)(F)F. The third-order valence-corrected chi connectivity index (χ3v) is 1.75. The topological polar surface area (TPSA) is 89.5 Å². The van der Waals surface area contributed by atoms with Crippen molar-refractivity contribution in [3.8, 4) is 0 Å². The summed E-state index contributed by atoms with van der Waals surface area (Å²) in [6.45, 7) is 0.699. The van der Waals surface area contributed by atoms with Crippen LogP contribution in [0, 0.1) is 0 Å². The number of hydrogen-bond donors (Lipinski definition) is 1. The minimum Gasteiger partial charge on any atom is -0.349 e. The van der Waals surface area contributed by atoms with E-state index in [1.165, 1.54) is 0 Å². The fourth-order valence-corrected chi connectivity index (χ4v) is 0.492. The van der Waals surface area contributed by atoms with Gasteiger partial charge in [-0.2, -0.15) is 21.6 Å². The molecule has 0 rings (SSSR count). The summed E-state index contributed by atoms with van der Waals surface area (Å²) in [5, 5.41) is 0. The van der Waals surface area contributed by atoms with Gasteiger partial charge in [0.1, 0.15) is 0 Å². The summed E-state index contributed by atoms with van der Waals surface area (Å²) >= 11 is 0. The molecule has 0 atom stereocenters. The molecule has 0 fully saturated rings. The highest BCUT2D eigenvalue weighted by atomic mass is 32.2. The van der Waals surface area contributed by atoms with E-state index in [4.69, 9.17) is 0 Å². The molecule has 0 heterocycles. The molecular weight excluding hydrogens is 231 g/mol. The minimum absolute atomic E-state index is 0.457. The highest BCUT2D eigenvalue weighted by molar-refractivity contribution is 7.90. The van der Waals surface area contributed by atoms with Crippen molar-refractivity contribution in [3.63, 3.8) is 0 Å². The van der Waals surface area contributed by atoms with Crippen molar-refractivity contribution in [1.29, 1.82) is 0 Å². The molecule has 0 amide bonds. The second-order valence-corrected chi connectivity index (χ2v) is 3.61. The number of carbonyl (C=O) groups is 2. The van der Waals surface area contributed by atoms with Crippen LogP contribution in [0.5, 0.6) is 0 Å². The fraction of sp³-hybridized carbons (Fsp3) is 0.500. The first-order valence-electron chi connectivity index (χ1n) is 2.88. The molecule has 0 bridgehead atoms. The van der Waals surface area contributed by atoms with E-state index in [1.54, 1.807) is 0 Å². The van der Waals surface area contributed by atoms with Crippen molar-refractivity contribution >= 4 is 21.8 Å². The molecule has 0 aliphatic rings. The molecule has 82 valence electrons. The Morgan fingerprint density at radius 1 is 1.29 bits per heavy atom. The van der Waals surface area contributed by atoms with Gasteiger partial charge < -0.3 is 4.84 Å². The smallest absolute Gasteiger partial charge is 0.349 e. The van der Waals surface area contributed by atoms with Crippen molar-refractivity contribution < 1.29 is 36.0 Å². The summed E-state index contributed by atoms with van der Waals surface area (Å²) in [6, 6.07) is 0. The Hall–Kier alpha value is -1.16. The third kappa shape index (κ3) is 3.30. The van der Waals surface area contributed by atoms with Gasteiger partial charge in [0, 0.05) is 6.92 Å². The molecule has 0 saturated heterocycles. The second-order valence-electron chi connectivity index (χ2n) is 1.98. The molecule has 0 aromatic carbocycles. The van der Waals surface area contributed by atoms with E-state index in [2.05, 4.69) is 4.84 Å². The Morgan fingerprint density at radius 3 is 2.00 bits per heavy atom. The monoisotopic (exact) mass is 235 g/mol. The molecule has 0 saturated carbocycles. The zero-order valence-corrected chi connectivity index (χ0v) is 7.40. The van der Waals surface area contributed by atoms with Gasteiger partial charge in [-0.05, 0) is 4.89 Å². The number of nitrogens with one attached hydrogen (secondary N) is 1. The number of halogens is 3. The van der Waals surface area contributed by atoms with Crippen LogP contribution < -0.4 is 4.89 Å². The number of carbonyl (C=O) groups excluding carboxylic acids is 2. The zero-order valence-electron chi connectivity index (χ0n) is 6.58. The second kappa shape index (κ2) is 3.92. The molecule has 0 radical (unpaired) electrons. The van der Waals surface area contributed by atoms with Gasteiger partial charge in [0.2, 0.25) is 5.78 Å². The average molecular weight is 235 g/mol. The van der Waals surface area contributed by atoms with E-state index >= 15 is 0 Å². The molecule has 0 aromatic rings. The summed E-state index contributed by atoms with van der Waals surface area (Å²) in [5.41, 5.74) is -5.61. The Labute approximate surface area is 76.0 Å². The van der Waals surface area contributed by atoms with Gasteiger partial charge >= 0.3 is 21.5 Å². The lowest BCUT2D eigenvalue weighted by atomic mass is 10.5. The number of sulfonamides is 1. The number of alkyl halides is 3. The van der Waals surface area contributed by atoms with Gasteiger partial charge in [0.15, 0.2) is 0 Å². The lowest BCUT2D eigenvalue weighted by molar-refractivity contribution is -0.156. The Kier molecular flexibility index (Phi) is 3.59. The number of rotatable bonds is 3. The Morgan fingerprint density at radius 2 is 1.71 bits per heavy atom. The number of Topliss-reactive ketones (excluding diaryl/α,β-unsaturated/α-hetero) is 1. The van der Waals surface area contributed by atoms with Crippen molar-refractivity contribution in [2.75, 3.05) is 0 Å². The van der Waals surface area contributed by atoms with Crippen LogP contribution in [0.2, 0.25) is 0 Å². The summed E-state index contributed by atoms with van der Waals surface area (Å²) in [5.74, 6) is -2.98. The van der Waals surface area contributed by atoms with E-state index in [0.29, 0.717) is 11.8 Å². The lowest BCUT2D eigenvalue weighted by Gasteiger charge is -2.07. The fourth-order valence-electron chi connectivity index (χ4n) is 0.212. The molecule has 6 nitrogen and oxygen atoms in total. The maximum Gasteiger partial charge on any atom is 0.514 e. The van der Waals surface area contributed by atoms with Crippen LogP contribution in [0.25, 0.3) is 0 Å². The van der Waals surface area contributed by atoms with Crippen LogP contribution in [0.15, 0.2) is 0 Å². The standard InChI is InChI=1S/C4H4F3NO5S/c1-2(9)3(10)13-8-14(11,12)4(5,6)7/h8H,1H3. The van der Waals surface area contributed by atoms with Crippen LogP contribution in [-0.2, 0) is 24.4 Å². The highest BCUT2D eigenvalue weighted by Crippen LogP contribution is 2.21. The number of hydrogen-bond acceptors (Lipinski definition) is 5. The molecule has 14 heavy (non-hydrogen) atoms. The summed E-state index contributed by atoms with van der Waals surface area (Å²) in [7, 11) is -5.77. The molecule has 0 aliphatic heterocycles. The van der Waals surface area contributed by atoms with Gasteiger partial charge in [0.25, 0.3) is 0 Å². The first-order valence-corrected chi connectivity index (χ1v) is 4.36. The van der Waals surface area contributed by atoms with E-state index < -0.39 is 27.3 Å². The first kappa shape index (κ1) is 12.8. The van der Waals surface area contributed by atoms with Crippen LogP contribution >= 0.6 is 0 Å². The minimum atomic E-state index is -5.77. The van der Waals surface area contributed by atoms with Gasteiger partial charge in [-0.1, -0.05) is 0 Å². The average Bonchev–Trinajstić information content (AvgIpc) is 1.97. The summed E-state index contributed by atoms with van der Waals surface area (Å²) in [6.07, 6.45) is 0. The molecular formula is C4H4F3NO5S. The van der Waals surface area contributed by atoms with Crippen molar-refractivity contribution in [1.82, 2.24) is 4.89 Å². The van der Waals surface area contributed by atoms with Crippen LogP contribution in [-0.4, -0.2) is 25.7 Å². The van der Waals surface area contributed by atoms with Crippen LogP contribution in [0.4, 0.5) is 13.2 Å². The normalized spacial score (nSPS) is 12.3. The maximum atomic E-state index is 11.6. The molecule has 0 spiro atoms. The third-order valence-electron chi connectivity index (χ3n) is 0.836. The lowest BCUT2D eigenvalue weighted by Crippen LogP contribution is -2.38. The molecule has 1 N–H and O–H groups in total. The Balaban J connectivity index is 4.44. The van der Waals surface area contributed by atoms with Gasteiger partial charge in [-0.15, -0.1) is 0 Å². The zero-order chi connectivity index (χ0) is 11.6. The van der Waals surface area contributed by atoms with Gasteiger partial charge in [-0.25, -0.2) is 4.79 Å². The molecule has 10 heteroatoms. The largest absolute Gasteiger partial charge is 0.514 e. The number of ketones is 1. The molecule has 0 unspecified atom stereocenters. The van der Waals surface area contributed by atoms with Gasteiger partial charge in [0.05, 0.1) is 0 Å². The molecule has 0 aromatic heterocycles. The predicted octanol–water partition coefficient (Wildman–Crippen LogP) is -0.527. The highest BCUT2D eigenvalue weighted by Gasteiger charge is 2.47. The van der Waals surface area contributed by atoms with E-state index in [1.807, 2.05) is 0 Å². The predicted molar refractivity (Wildman–Crippen MR) is 34.9 cm³/mol. The van der Waals surface area contributed by atoms with E-state index in [0.717, 1.165) is 0 Å². The van der Waals surface area contributed by atoms with Crippen molar-refractivity contribution in [2.45, 2.75) is 12.4 Å².